The minimum atomic E-state index is -1.91. The Kier molecular flexibility index (Phi) is 6.49. The van der Waals surface area contributed by atoms with Crippen LogP contribution in [0.1, 0.15) is 44.5 Å². The van der Waals surface area contributed by atoms with Gasteiger partial charge < -0.3 is 53.1 Å². The second kappa shape index (κ2) is 13.3. The molecule has 14 heteroatoms. The second-order valence-electron chi connectivity index (χ2n) is 32.5. The quantitative estimate of drug-likeness (QED) is 0.0214. The SMILES string of the molecule is COCCOCCOCCOC(=O)C1(C(=O)OCCOCCOCCOC)C23c4c5c6c7c8c9c%10c%11c%12c%13c%14c%15c(c6c6c4c4c%16c%17c%18c(c%19c%20c2c5c8c2c%20c5c%19c8c%18c%18c%19c%17c%17c4c6c%15c4c%14c6c%12c%12c%14c%11c(c92)c5c%14c8c%18c%12c6c%19c4%17)C%1613)C71CN(CCOCCOCCN)CC%10%131. The van der Waals surface area contributed by atoms with Crippen LogP contribution in [-0.4, -0.2) is 163 Å². The van der Waals surface area contributed by atoms with Gasteiger partial charge in [-0.05, 0) is 303 Å². The van der Waals surface area contributed by atoms with E-state index in [1.165, 1.54) is 243 Å². The van der Waals surface area contributed by atoms with Crippen LogP contribution in [-0.2, 0) is 78.6 Å². The van der Waals surface area contributed by atoms with E-state index in [0.29, 0.717) is 85.8 Å². The molecule has 4 atom stereocenters. The van der Waals surface area contributed by atoms with Gasteiger partial charge in [0.25, 0.3) is 0 Å². The lowest BCUT2D eigenvalue weighted by atomic mass is 9.50. The molecule has 1 saturated carbocycles. The number of carbonyl (C=O) groups excluding carboxylic acids is 2. The predicted octanol–water partition coefficient (Wildman–Crippen LogP) is 13.6. The van der Waals surface area contributed by atoms with Crippen molar-refractivity contribution in [3.8, 4) is 0 Å². The van der Waals surface area contributed by atoms with Gasteiger partial charge in [-0.2, -0.15) is 0 Å². The Hall–Kier alpha value is -8.74. The van der Waals surface area contributed by atoms with E-state index < -0.39 is 39.0 Å². The van der Waals surface area contributed by atoms with Gasteiger partial charge in [0.2, 0.25) is 0 Å². The van der Waals surface area contributed by atoms with Crippen LogP contribution in [0.15, 0.2) is 0 Å². The number of ether oxygens (including phenoxy) is 10. The topological polar surface area (TPSA) is 156 Å². The number of hydrogen-bond acceptors (Lipinski definition) is 14. The average Bonchev–Trinajstić information content (AvgIpc) is 1.35. The molecule has 2 N–H and O–H groups in total. The van der Waals surface area contributed by atoms with Crippen molar-refractivity contribution < 1.29 is 57.0 Å². The molecule has 0 aromatic heterocycles. The monoisotopic (exact) mass is 1290 g/mol. The van der Waals surface area contributed by atoms with E-state index in [2.05, 4.69) is 4.90 Å². The van der Waals surface area contributed by atoms with E-state index in [4.69, 9.17) is 53.1 Å². The van der Waals surface area contributed by atoms with Gasteiger partial charge in [-0.25, -0.2) is 0 Å². The van der Waals surface area contributed by atoms with Crippen LogP contribution >= 0.6 is 0 Å². The third-order valence-electron chi connectivity index (χ3n) is 30.8. The van der Waals surface area contributed by atoms with Crippen molar-refractivity contribution in [1.29, 1.82) is 0 Å². The Morgan fingerprint density at radius 3 is 0.747 bits per heavy atom. The summed E-state index contributed by atoms with van der Waals surface area (Å²) in [6.45, 7) is 8.71. The summed E-state index contributed by atoms with van der Waals surface area (Å²) in [6.07, 6.45) is 0. The molecular formula is C85H48N2O12. The van der Waals surface area contributed by atoms with E-state index in [9.17, 15) is 0 Å². The molecule has 9 aliphatic carbocycles. The first-order valence-corrected chi connectivity index (χ1v) is 36.3. The number of methoxy groups -OCH3 is 2. The van der Waals surface area contributed by atoms with Crippen molar-refractivity contribution in [3.05, 3.63) is 44.5 Å². The van der Waals surface area contributed by atoms with Gasteiger partial charge in [0.05, 0.1) is 114 Å². The summed E-state index contributed by atoms with van der Waals surface area (Å²) in [7, 11) is 3.34. The number of nitrogens with two attached hydrogens (primary N) is 1. The number of rotatable bonds is 28. The zero-order valence-electron chi connectivity index (χ0n) is 53.6. The first-order valence-electron chi connectivity index (χ1n) is 36.3. The normalized spacial score (nSPS) is 23.7. The lowest BCUT2D eigenvalue weighted by molar-refractivity contribution is -0.168. The highest BCUT2D eigenvalue weighted by atomic mass is 16.6. The summed E-state index contributed by atoms with van der Waals surface area (Å²) >= 11 is 0. The molecule has 0 radical (unpaired) electrons. The van der Waals surface area contributed by atoms with Gasteiger partial charge in [0.15, 0.2) is 5.41 Å². The number of likely N-dealkylation sites (tertiary alicyclic amines) is 1. The van der Waals surface area contributed by atoms with Crippen molar-refractivity contribution in [3.63, 3.8) is 0 Å². The van der Waals surface area contributed by atoms with Crippen LogP contribution in [0, 0.1) is 5.41 Å². The van der Waals surface area contributed by atoms with Crippen molar-refractivity contribution in [2.24, 2.45) is 11.1 Å². The standard InChI is InChI=1S/C85H48N2O12/c1-90-7-9-94-13-15-96-17-19-98-79(88)85(80(89)99-20-18-97-16-14-95-10-8-91-2)83-75-62-48-33-24-23-27-26-30-37-45-35(27)43-31(23)32-25-28(24)38(48)50-40-29(25)36-44(32)56-55(43)71-57(45)58-46(37)42-52-39(30)49(34(26)33)63(62)76(83)66(52)67-54(42)61-69-70-68-53-41(51(40)65(64(50)75)77(68)84(83,85)78(67)70)47(36)59-60(53)74(69)82(73(58)61)22-87(21-81(71,82)72(56)59)4-6-93-12-11-92-5-3-86/h3-22,86H2,1-2H3. The van der Waals surface area contributed by atoms with E-state index in [1.54, 1.807) is 74.2 Å². The predicted molar refractivity (Wildman–Crippen MR) is 385 cm³/mol. The van der Waals surface area contributed by atoms with Crippen LogP contribution in [0.3, 0.4) is 0 Å². The lowest BCUT2D eigenvalue weighted by Gasteiger charge is -2.49. The molecule has 1 aliphatic heterocycles. The van der Waals surface area contributed by atoms with Crippen LogP contribution in [0.5, 0.6) is 0 Å². The Labute approximate surface area is 552 Å². The van der Waals surface area contributed by atoms with Crippen molar-refractivity contribution in [1.82, 2.24) is 4.90 Å². The molecule has 24 aromatic carbocycles. The maximum Gasteiger partial charge on any atom is 0.326 e. The van der Waals surface area contributed by atoms with Gasteiger partial charge in [0.1, 0.15) is 13.2 Å². The van der Waals surface area contributed by atoms with Crippen LogP contribution in [0.4, 0.5) is 0 Å². The Morgan fingerprint density at radius 2 is 0.475 bits per heavy atom. The zero-order chi connectivity index (χ0) is 62.8. The van der Waals surface area contributed by atoms with Crippen LogP contribution in [0.25, 0.3) is 259 Å². The molecule has 24 aromatic rings. The summed E-state index contributed by atoms with van der Waals surface area (Å²) in [4.78, 5) is 38.4. The minimum Gasteiger partial charge on any atom is -0.462 e. The van der Waals surface area contributed by atoms with Crippen molar-refractivity contribution in [2.45, 2.75) is 21.7 Å². The number of carbonyl (C=O) groups is 2. The Bertz CT molecular complexity index is 8020. The van der Waals surface area contributed by atoms with Gasteiger partial charge in [-0.3, -0.25) is 14.5 Å². The fourth-order valence-electron chi connectivity index (χ4n) is 29.9. The summed E-state index contributed by atoms with van der Waals surface area (Å²) in [5.74, 6) is -1.02. The van der Waals surface area contributed by atoms with Gasteiger partial charge in [-0.15, -0.1) is 0 Å². The summed E-state index contributed by atoms with van der Waals surface area (Å²) in [6, 6.07) is 0. The van der Waals surface area contributed by atoms with E-state index in [1.807, 2.05) is 0 Å². The summed E-state index contributed by atoms with van der Waals surface area (Å²) in [5.41, 5.74) is 11.7. The van der Waals surface area contributed by atoms with Gasteiger partial charge in [0, 0.05) is 40.4 Å². The maximum absolute atomic E-state index is 17.8. The highest BCUT2D eigenvalue weighted by Gasteiger charge is 3.01. The van der Waals surface area contributed by atoms with Gasteiger partial charge in [-0.1, -0.05) is 0 Å². The van der Waals surface area contributed by atoms with E-state index >= 15 is 9.59 Å². The molecule has 14 nitrogen and oxygen atoms in total. The summed E-state index contributed by atoms with van der Waals surface area (Å²) < 4.78 is 61.5. The fourth-order valence-corrected chi connectivity index (χ4v) is 29.9. The highest BCUT2D eigenvalue weighted by Crippen LogP contribution is 2.97. The molecule has 34 rings (SSSR count). The van der Waals surface area contributed by atoms with Gasteiger partial charge >= 0.3 is 11.9 Å². The Morgan fingerprint density at radius 1 is 0.273 bits per heavy atom. The molecule has 0 amide bonds. The fraction of sp³-hybridized carbons (Fsp3) is 0.318. The van der Waals surface area contributed by atoms with E-state index in [-0.39, 0.29) is 26.4 Å². The molecule has 1 saturated heterocycles. The van der Waals surface area contributed by atoms with Crippen LogP contribution in [0.2, 0.25) is 0 Å². The lowest BCUT2D eigenvalue weighted by Crippen LogP contribution is -2.51. The molecule has 4 spiro atoms. The van der Waals surface area contributed by atoms with E-state index in [0.717, 1.165) is 19.6 Å². The molecule has 10 aliphatic rings. The van der Waals surface area contributed by atoms with Crippen molar-refractivity contribution >= 4 is 270 Å². The number of esters is 2. The average molecular weight is 1290 g/mol. The largest absolute Gasteiger partial charge is 0.462 e. The molecule has 99 heavy (non-hydrogen) atoms. The molecule has 2 fully saturated rings. The molecule has 1 heterocycles. The van der Waals surface area contributed by atoms with Crippen LogP contribution < -0.4 is 5.73 Å². The molecule has 4 unspecified atom stereocenters. The second-order valence-corrected chi connectivity index (χ2v) is 32.5. The third kappa shape index (κ3) is 3.41. The highest BCUT2D eigenvalue weighted by molar-refractivity contribution is 6.78. The first kappa shape index (κ1) is 48.1. The molecule has 0 bridgehead atoms. The van der Waals surface area contributed by atoms with Crippen molar-refractivity contribution in [2.75, 3.05) is 146 Å². The number of nitrogens with zero attached hydrogens (tertiary/aromatic N) is 1. The molecular weight excluding hydrogens is 1240 g/mol. The smallest absolute Gasteiger partial charge is 0.326 e. The number of hydrogen-bond donors (Lipinski definition) is 1. The third-order valence-corrected chi connectivity index (χ3v) is 30.8. The zero-order valence-corrected chi connectivity index (χ0v) is 53.6. The minimum absolute atomic E-state index is 0.0412. The summed E-state index contributed by atoms with van der Waals surface area (Å²) in [5, 5.41) is 69.3. The maximum atomic E-state index is 17.8. The number of benzene rings is 16. The molecule has 470 valence electrons. The first-order chi connectivity index (χ1) is 49.1. The Balaban J connectivity index is 0.792.